The third-order valence-corrected chi connectivity index (χ3v) is 4.03. The number of rotatable bonds is 2. The van der Waals surface area contributed by atoms with Crippen LogP contribution in [0.1, 0.15) is 36.2 Å². The molecule has 1 heterocycles. The van der Waals surface area contributed by atoms with E-state index in [1.807, 2.05) is 32.9 Å². The van der Waals surface area contributed by atoms with Gasteiger partial charge in [-0.05, 0) is 52.9 Å². The molecule has 20 heavy (non-hydrogen) atoms. The first-order valence-corrected chi connectivity index (χ1v) is 7.49. The maximum Gasteiger partial charge on any atom is 0.254 e. The van der Waals surface area contributed by atoms with Crippen LogP contribution in [-0.2, 0) is 4.79 Å². The Morgan fingerprint density at radius 1 is 1.35 bits per heavy atom. The summed E-state index contributed by atoms with van der Waals surface area (Å²) in [6.45, 7) is 6.01. The van der Waals surface area contributed by atoms with Crippen molar-refractivity contribution in [1.82, 2.24) is 5.32 Å². The Morgan fingerprint density at radius 3 is 2.60 bits per heavy atom. The highest BCUT2D eigenvalue weighted by Gasteiger charge is 2.33. The van der Waals surface area contributed by atoms with Crippen molar-refractivity contribution in [3.63, 3.8) is 0 Å². The minimum Gasteiger partial charge on any atom is -0.340 e. The molecule has 1 atom stereocenters. The molecule has 108 valence electrons. The first-order chi connectivity index (χ1) is 9.31. The van der Waals surface area contributed by atoms with E-state index in [-0.39, 0.29) is 11.8 Å². The Morgan fingerprint density at radius 2 is 2.00 bits per heavy atom. The monoisotopic (exact) mass is 338 g/mol. The molecular formula is C15H19BrN2O2. The van der Waals surface area contributed by atoms with E-state index in [2.05, 4.69) is 21.2 Å². The third-order valence-electron chi connectivity index (χ3n) is 3.43. The van der Waals surface area contributed by atoms with Gasteiger partial charge in [0.1, 0.15) is 6.04 Å². The molecule has 5 heteroatoms. The van der Waals surface area contributed by atoms with Gasteiger partial charge in [-0.1, -0.05) is 13.8 Å². The zero-order valence-corrected chi connectivity index (χ0v) is 13.7. The van der Waals surface area contributed by atoms with Crippen LogP contribution >= 0.6 is 15.9 Å². The molecule has 1 N–H and O–H groups in total. The van der Waals surface area contributed by atoms with Gasteiger partial charge >= 0.3 is 0 Å². The van der Waals surface area contributed by atoms with E-state index >= 15 is 0 Å². The molecule has 1 aromatic rings. The standard InChI is InChI=1S/C15H19BrN2O2/c1-8(2)5-12-15(20)18(4)13-10(14(19)17-12)6-9(3)7-11(13)16/h6-8,12H,5H2,1-4H3,(H,17,19)/t12-/m0/s1. The van der Waals surface area contributed by atoms with Gasteiger partial charge in [0, 0.05) is 11.5 Å². The Hall–Kier alpha value is -1.36. The topological polar surface area (TPSA) is 49.4 Å². The van der Waals surface area contributed by atoms with Crippen molar-refractivity contribution < 1.29 is 9.59 Å². The number of nitrogens with one attached hydrogen (secondary N) is 1. The van der Waals surface area contributed by atoms with Gasteiger partial charge in [-0.25, -0.2) is 0 Å². The summed E-state index contributed by atoms with van der Waals surface area (Å²) in [6.07, 6.45) is 0.638. The number of aryl methyl sites for hydroxylation is 1. The van der Waals surface area contributed by atoms with Crippen molar-refractivity contribution in [2.24, 2.45) is 5.92 Å². The predicted octanol–water partition coefficient (Wildman–Crippen LogP) is 2.88. The molecule has 2 amide bonds. The zero-order valence-electron chi connectivity index (χ0n) is 12.2. The molecule has 2 rings (SSSR count). The van der Waals surface area contributed by atoms with Crippen molar-refractivity contribution in [1.29, 1.82) is 0 Å². The van der Waals surface area contributed by atoms with E-state index in [9.17, 15) is 9.59 Å². The maximum absolute atomic E-state index is 12.5. The molecule has 0 spiro atoms. The van der Waals surface area contributed by atoms with E-state index in [1.54, 1.807) is 11.9 Å². The van der Waals surface area contributed by atoms with Crippen LogP contribution < -0.4 is 10.2 Å². The third kappa shape index (κ3) is 2.73. The Bertz CT molecular complexity index is 569. The van der Waals surface area contributed by atoms with E-state index in [1.165, 1.54) is 0 Å². The van der Waals surface area contributed by atoms with Gasteiger partial charge in [0.05, 0.1) is 11.3 Å². The van der Waals surface area contributed by atoms with E-state index in [0.717, 1.165) is 10.0 Å². The Kier molecular flexibility index (Phi) is 4.18. The number of likely N-dealkylation sites (N-methyl/N-ethyl adjacent to an activating group) is 1. The number of amides is 2. The zero-order chi connectivity index (χ0) is 15.0. The fourth-order valence-electron chi connectivity index (χ4n) is 2.52. The van der Waals surface area contributed by atoms with Crippen molar-refractivity contribution in [2.45, 2.75) is 33.2 Å². The first kappa shape index (κ1) is 15.0. The SMILES string of the molecule is Cc1cc(Br)c2c(c1)C(=O)N[C@@H](CC(C)C)C(=O)N2C. The average molecular weight is 339 g/mol. The number of carbonyl (C=O) groups excluding carboxylic acids is 2. The van der Waals surface area contributed by atoms with Crippen LogP contribution in [-0.4, -0.2) is 24.9 Å². The van der Waals surface area contributed by atoms with Gasteiger partial charge in [-0.15, -0.1) is 0 Å². The van der Waals surface area contributed by atoms with Crippen LogP contribution in [0.4, 0.5) is 5.69 Å². The number of fused-ring (bicyclic) bond motifs is 1. The lowest BCUT2D eigenvalue weighted by Crippen LogP contribution is -2.45. The summed E-state index contributed by atoms with van der Waals surface area (Å²) >= 11 is 3.46. The van der Waals surface area contributed by atoms with Crippen LogP contribution in [0, 0.1) is 12.8 Å². The lowest BCUT2D eigenvalue weighted by Gasteiger charge is -2.22. The fourth-order valence-corrected chi connectivity index (χ4v) is 3.36. The molecule has 0 unspecified atom stereocenters. The van der Waals surface area contributed by atoms with Crippen molar-refractivity contribution in [3.8, 4) is 0 Å². The highest BCUT2D eigenvalue weighted by atomic mass is 79.9. The molecule has 0 aliphatic carbocycles. The minimum absolute atomic E-state index is 0.0737. The summed E-state index contributed by atoms with van der Waals surface area (Å²) in [4.78, 5) is 26.5. The van der Waals surface area contributed by atoms with Gasteiger partial charge in [-0.2, -0.15) is 0 Å². The smallest absolute Gasteiger partial charge is 0.254 e. The van der Waals surface area contributed by atoms with Crippen LogP contribution in [0.2, 0.25) is 0 Å². The molecule has 1 aliphatic rings. The second kappa shape index (κ2) is 5.56. The number of anilines is 1. The van der Waals surface area contributed by atoms with Crippen LogP contribution in [0.15, 0.2) is 16.6 Å². The summed E-state index contributed by atoms with van der Waals surface area (Å²) in [5.74, 6) is 0.0761. The van der Waals surface area contributed by atoms with Crippen molar-refractivity contribution in [2.75, 3.05) is 11.9 Å². The molecule has 0 fully saturated rings. The Labute approximate surface area is 127 Å². The highest BCUT2D eigenvalue weighted by Crippen LogP contribution is 2.33. The highest BCUT2D eigenvalue weighted by molar-refractivity contribution is 9.10. The molecule has 0 aromatic heterocycles. The molecule has 1 aromatic carbocycles. The van der Waals surface area contributed by atoms with Crippen LogP contribution in [0.25, 0.3) is 0 Å². The van der Waals surface area contributed by atoms with Gasteiger partial charge in [0.25, 0.3) is 5.91 Å². The summed E-state index contributed by atoms with van der Waals surface area (Å²) in [7, 11) is 1.72. The van der Waals surface area contributed by atoms with E-state index < -0.39 is 6.04 Å². The largest absolute Gasteiger partial charge is 0.340 e. The van der Waals surface area contributed by atoms with Crippen LogP contribution in [0.3, 0.4) is 0 Å². The summed E-state index contributed by atoms with van der Waals surface area (Å²) in [5, 5.41) is 2.85. The number of nitrogens with zero attached hydrogens (tertiary/aromatic N) is 1. The summed E-state index contributed by atoms with van der Waals surface area (Å²) < 4.78 is 0.767. The molecule has 1 aliphatic heterocycles. The molecule has 4 nitrogen and oxygen atoms in total. The van der Waals surface area contributed by atoms with Crippen LogP contribution in [0.5, 0.6) is 0 Å². The lowest BCUT2D eigenvalue weighted by atomic mass is 10.0. The average Bonchev–Trinajstić information content (AvgIpc) is 2.41. The molecule has 0 bridgehead atoms. The van der Waals surface area contributed by atoms with Gasteiger partial charge in [0.2, 0.25) is 5.91 Å². The van der Waals surface area contributed by atoms with Crippen molar-refractivity contribution >= 4 is 33.4 Å². The van der Waals surface area contributed by atoms with E-state index in [0.29, 0.717) is 23.6 Å². The van der Waals surface area contributed by atoms with Gasteiger partial charge in [0.15, 0.2) is 0 Å². The lowest BCUT2D eigenvalue weighted by molar-refractivity contribution is -0.120. The molecule has 0 saturated carbocycles. The quantitative estimate of drug-likeness (QED) is 0.901. The molecule has 0 saturated heterocycles. The maximum atomic E-state index is 12.5. The Balaban J connectivity index is 2.51. The number of halogens is 1. The summed E-state index contributed by atoms with van der Waals surface area (Å²) in [6, 6.07) is 3.27. The number of benzene rings is 1. The fraction of sp³-hybridized carbons (Fsp3) is 0.467. The van der Waals surface area contributed by atoms with Gasteiger partial charge < -0.3 is 10.2 Å². The number of hydrogen-bond acceptors (Lipinski definition) is 2. The normalized spacial score (nSPS) is 18.9. The minimum atomic E-state index is -0.466. The predicted molar refractivity (Wildman–Crippen MR) is 83.0 cm³/mol. The first-order valence-electron chi connectivity index (χ1n) is 6.69. The second-order valence-corrected chi connectivity index (χ2v) is 6.55. The van der Waals surface area contributed by atoms with E-state index in [4.69, 9.17) is 0 Å². The molecular weight excluding hydrogens is 320 g/mol. The second-order valence-electron chi connectivity index (χ2n) is 5.70. The van der Waals surface area contributed by atoms with Gasteiger partial charge in [-0.3, -0.25) is 9.59 Å². The number of hydrogen-bond donors (Lipinski definition) is 1. The van der Waals surface area contributed by atoms with Crippen molar-refractivity contribution in [3.05, 3.63) is 27.7 Å². The number of carbonyl (C=O) groups is 2. The summed E-state index contributed by atoms with van der Waals surface area (Å²) in [5.41, 5.74) is 2.16. The molecule has 0 radical (unpaired) electrons.